The maximum Gasteiger partial charge on any atom is 0.0792 e. The number of fused-ring (bicyclic) bond motifs is 4. The van der Waals surface area contributed by atoms with E-state index < -0.39 is 0 Å². The van der Waals surface area contributed by atoms with E-state index in [1.165, 1.54) is 25.7 Å². The van der Waals surface area contributed by atoms with E-state index in [4.69, 9.17) is 0 Å². The Kier molecular flexibility index (Phi) is 5.73. The largest absolute Gasteiger partial charge is 0.393 e. The molecule has 4 aliphatic carbocycles. The molecule has 2 heteroatoms. The fourth-order valence-corrected chi connectivity index (χ4v) is 8.90. The molecule has 0 spiro atoms. The minimum Gasteiger partial charge on any atom is -0.393 e. The summed E-state index contributed by atoms with van der Waals surface area (Å²) in [4.78, 5) is 0. The average Bonchev–Trinajstić information content (AvgIpc) is 3.14. The molecule has 7 atom stereocenters. The highest BCUT2D eigenvalue weighted by Gasteiger charge is 2.57. The summed E-state index contributed by atoms with van der Waals surface area (Å²) in [5.41, 5.74) is 6.60. The molecule has 1 saturated carbocycles. The van der Waals surface area contributed by atoms with Crippen LogP contribution in [0.2, 0.25) is 0 Å². The number of benzene rings is 1. The maximum atomic E-state index is 10.9. The van der Waals surface area contributed by atoms with Gasteiger partial charge >= 0.3 is 0 Å². The third-order valence-corrected chi connectivity index (χ3v) is 10.9. The molecule has 180 valence electrons. The molecule has 0 saturated heterocycles. The third kappa shape index (κ3) is 3.50. The summed E-state index contributed by atoms with van der Waals surface area (Å²) in [7, 11) is 0. The fourth-order valence-electron chi connectivity index (χ4n) is 8.90. The van der Waals surface area contributed by atoms with Crippen molar-refractivity contribution in [3.8, 4) is 0 Å². The van der Waals surface area contributed by atoms with Gasteiger partial charge in [-0.05, 0) is 102 Å². The van der Waals surface area contributed by atoms with E-state index in [-0.39, 0.29) is 28.5 Å². The molecule has 0 radical (unpaired) electrons. The van der Waals surface area contributed by atoms with Crippen LogP contribution in [0.15, 0.2) is 53.1 Å². The highest BCUT2D eigenvalue weighted by atomic mass is 16.3. The Bertz CT molecular complexity index is 956. The molecular weight excluding hydrogens is 404 g/mol. The van der Waals surface area contributed by atoms with E-state index in [1.54, 1.807) is 16.7 Å². The lowest BCUT2D eigenvalue weighted by molar-refractivity contribution is -0.0905. The molecule has 2 N–H and O–H groups in total. The molecule has 0 bridgehead atoms. The van der Waals surface area contributed by atoms with Crippen molar-refractivity contribution in [2.75, 3.05) is 0 Å². The molecule has 1 aromatic carbocycles. The van der Waals surface area contributed by atoms with Crippen LogP contribution in [-0.2, 0) is 0 Å². The molecule has 0 amide bonds. The molecular formula is C31H44O2. The lowest BCUT2D eigenvalue weighted by Crippen LogP contribution is -2.53. The first-order valence-corrected chi connectivity index (χ1v) is 13.4. The fraction of sp³-hybridized carbons (Fsp3) is 0.677. The molecule has 2 nitrogen and oxygen atoms in total. The van der Waals surface area contributed by atoms with Crippen LogP contribution in [0.5, 0.6) is 0 Å². The van der Waals surface area contributed by atoms with Crippen LogP contribution < -0.4 is 0 Å². The van der Waals surface area contributed by atoms with Crippen molar-refractivity contribution in [1.82, 2.24) is 0 Å². The smallest absolute Gasteiger partial charge is 0.0792 e. The van der Waals surface area contributed by atoms with Gasteiger partial charge in [0.25, 0.3) is 0 Å². The molecule has 2 unspecified atom stereocenters. The Labute approximate surface area is 201 Å². The number of hydrogen-bond donors (Lipinski definition) is 2. The van der Waals surface area contributed by atoms with Crippen LogP contribution in [0.3, 0.4) is 0 Å². The summed E-state index contributed by atoms with van der Waals surface area (Å²) in [6.45, 7) is 12.0. The molecule has 5 rings (SSSR count). The first-order chi connectivity index (χ1) is 15.6. The first kappa shape index (κ1) is 23.4. The van der Waals surface area contributed by atoms with Gasteiger partial charge in [0.2, 0.25) is 0 Å². The van der Waals surface area contributed by atoms with Crippen LogP contribution in [0.1, 0.15) is 97.7 Å². The van der Waals surface area contributed by atoms with Crippen LogP contribution in [-0.4, -0.2) is 16.3 Å². The van der Waals surface area contributed by atoms with Crippen LogP contribution in [0.25, 0.3) is 0 Å². The zero-order valence-electron chi connectivity index (χ0n) is 21.4. The Balaban J connectivity index is 1.39. The molecule has 1 aromatic rings. The van der Waals surface area contributed by atoms with Crippen molar-refractivity contribution < 1.29 is 10.2 Å². The van der Waals surface area contributed by atoms with E-state index in [0.717, 1.165) is 31.2 Å². The lowest BCUT2D eigenvalue weighted by Gasteiger charge is -2.59. The predicted octanol–water partition coefficient (Wildman–Crippen LogP) is 7.39. The van der Waals surface area contributed by atoms with Crippen molar-refractivity contribution in [2.45, 2.75) is 98.2 Å². The zero-order valence-corrected chi connectivity index (χ0v) is 21.4. The third-order valence-electron chi connectivity index (χ3n) is 10.9. The van der Waals surface area contributed by atoms with Crippen molar-refractivity contribution in [3.05, 3.63) is 58.7 Å². The number of rotatable bonds is 4. The summed E-state index contributed by atoms with van der Waals surface area (Å²) in [5.74, 6) is 1.67. The van der Waals surface area contributed by atoms with Gasteiger partial charge in [-0.25, -0.2) is 0 Å². The van der Waals surface area contributed by atoms with Crippen LogP contribution in [0, 0.1) is 34.0 Å². The standard InChI is InChI=1S/C31H44O2/c1-20(19-26(32)21-9-7-6-8-10-21)23-12-13-24-22-11-14-27-29(2,3)28(33)16-18-31(27,5)25(22)15-17-30(23,24)4/h6-10,13,20,23,26-28,32-33H,11-12,14-19H2,1-5H3/t20-,23-,26?,27+,28?,30-,31-/m1/s1. The van der Waals surface area contributed by atoms with Crippen molar-refractivity contribution in [2.24, 2.45) is 34.0 Å². The minimum absolute atomic E-state index is 0.000956. The highest BCUT2D eigenvalue weighted by Crippen LogP contribution is 2.66. The SMILES string of the molecule is C[C@H](CC(O)c1ccccc1)[C@H]1CC=C2C3=C(CC[C@@]21C)[C@@]1(C)CCC(O)C(C)(C)[C@@H]1CC3. The van der Waals surface area contributed by atoms with Gasteiger partial charge in [0.15, 0.2) is 0 Å². The summed E-state index contributed by atoms with van der Waals surface area (Å²) in [6.07, 6.45) is 10.9. The zero-order chi connectivity index (χ0) is 23.6. The predicted molar refractivity (Wildman–Crippen MR) is 136 cm³/mol. The number of aliphatic hydroxyl groups excluding tert-OH is 2. The Morgan fingerprint density at radius 2 is 1.70 bits per heavy atom. The summed E-state index contributed by atoms with van der Waals surface area (Å²) in [5, 5.41) is 21.7. The summed E-state index contributed by atoms with van der Waals surface area (Å²) in [6, 6.07) is 10.2. The van der Waals surface area contributed by atoms with E-state index in [9.17, 15) is 10.2 Å². The van der Waals surface area contributed by atoms with Crippen molar-refractivity contribution >= 4 is 0 Å². The lowest BCUT2D eigenvalue weighted by atomic mass is 9.46. The second-order valence-corrected chi connectivity index (χ2v) is 12.9. The van der Waals surface area contributed by atoms with Crippen molar-refractivity contribution in [1.29, 1.82) is 0 Å². The number of hydrogen-bond acceptors (Lipinski definition) is 2. The van der Waals surface area contributed by atoms with Gasteiger partial charge in [-0.1, -0.05) is 76.6 Å². The van der Waals surface area contributed by atoms with Gasteiger partial charge < -0.3 is 10.2 Å². The molecule has 33 heavy (non-hydrogen) atoms. The van der Waals surface area contributed by atoms with E-state index in [1.807, 2.05) is 18.2 Å². The van der Waals surface area contributed by atoms with Gasteiger partial charge in [-0.3, -0.25) is 0 Å². The molecule has 0 aromatic heterocycles. The second kappa shape index (κ2) is 8.09. The average molecular weight is 449 g/mol. The Hall–Kier alpha value is -1.38. The number of allylic oxidation sites excluding steroid dienone is 4. The van der Waals surface area contributed by atoms with Crippen LogP contribution >= 0.6 is 0 Å². The molecule has 1 fully saturated rings. The van der Waals surface area contributed by atoms with E-state index >= 15 is 0 Å². The Morgan fingerprint density at radius 1 is 0.970 bits per heavy atom. The summed E-state index contributed by atoms with van der Waals surface area (Å²) >= 11 is 0. The molecule has 0 heterocycles. The van der Waals surface area contributed by atoms with Crippen molar-refractivity contribution in [3.63, 3.8) is 0 Å². The minimum atomic E-state index is -0.377. The summed E-state index contributed by atoms with van der Waals surface area (Å²) < 4.78 is 0. The normalized spacial score (nSPS) is 39.2. The molecule has 4 aliphatic rings. The second-order valence-electron chi connectivity index (χ2n) is 12.9. The topological polar surface area (TPSA) is 40.5 Å². The first-order valence-electron chi connectivity index (χ1n) is 13.4. The molecule has 0 aliphatic heterocycles. The van der Waals surface area contributed by atoms with E-state index in [2.05, 4.69) is 52.8 Å². The maximum absolute atomic E-state index is 10.9. The van der Waals surface area contributed by atoms with E-state index in [0.29, 0.717) is 17.8 Å². The quantitative estimate of drug-likeness (QED) is 0.504. The number of aliphatic hydroxyl groups is 2. The van der Waals surface area contributed by atoms with Gasteiger partial charge in [-0.2, -0.15) is 0 Å². The van der Waals surface area contributed by atoms with Gasteiger partial charge in [0.1, 0.15) is 0 Å². The Morgan fingerprint density at radius 3 is 2.42 bits per heavy atom. The van der Waals surface area contributed by atoms with Gasteiger partial charge in [0, 0.05) is 0 Å². The monoisotopic (exact) mass is 448 g/mol. The van der Waals surface area contributed by atoms with Crippen LogP contribution in [0.4, 0.5) is 0 Å². The van der Waals surface area contributed by atoms with Gasteiger partial charge in [-0.15, -0.1) is 0 Å². The highest BCUT2D eigenvalue weighted by molar-refractivity contribution is 5.49. The van der Waals surface area contributed by atoms with Gasteiger partial charge in [0.05, 0.1) is 12.2 Å².